The lowest BCUT2D eigenvalue weighted by atomic mass is 10.2. The molecule has 3 nitrogen and oxygen atoms in total. The monoisotopic (exact) mass is 300 g/mol. The highest BCUT2D eigenvalue weighted by atomic mass is 79.9. The van der Waals surface area contributed by atoms with Crippen LogP contribution < -0.4 is 4.74 Å². The molecule has 0 atom stereocenters. The van der Waals surface area contributed by atoms with E-state index in [2.05, 4.69) is 21.0 Å². The molecule has 1 aromatic heterocycles. The van der Waals surface area contributed by atoms with E-state index in [4.69, 9.17) is 16.3 Å². The van der Waals surface area contributed by atoms with Gasteiger partial charge in [-0.25, -0.2) is 0 Å². The predicted octanol–water partition coefficient (Wildman–Crippen LogP) is 3.36. The summed E-state index contributed by atoms with van der Waals surface area (Å²) in [5, 5.41) is 4.94. The van der Waals surface area contributed by atoms with E-state index < -0.39 is 0 Å². The first kappa shape index (κ1) is 11.5. The number of halogens is 2. The summed E-state index contributed by atoms with van der Waals surface area (Å²) >= 11 is 9.35. The first-order chi connectivity index (χ1) is 7.70. The van der Waals surface area contributed by atoms with Gasteiger partial charge in [0.25, 0.3) is 0 Å². The Kier molecular flexibility index (Phi) is 3.51. The van der Waals surface area contributed by atoms with Crippen molar-refractivity contribution < 1.29 is 4.74 Å². The van der Waals surface area contributed by atoms with Crippen LogP contribution in [-0.4, -0.2) is 16.9 Å². The summed E-state index contributed by atoms with van der Waals surface area (Å²) in [6.07, 6.45) is 1.68. The van der Waals surface area contributed by atoms with Crippen LogP contribution in [0.1, 0.15) is 5.56 Å². The number of hydrogen-bond donors (Lipinski definition) is 0. The van der Waals surface area contributed by atoms with Crippen molar-refractivity contribution >= 4 is 27.5 Å². The zero-order valence-electron chi connectivity index (χ0n) is 8.65. The summed E-state index contributed by atoms with van der Waals surface area (Å²) in [5.74, 6) is 0.724. The first-order valence-corrected chi connectivity index (χ1v) is 5.87. The lowest BCUT2D eigenvalue weighted by Gasteiger charge is -2.04. The molecular formula is C11H10BrClN2O. The Balaban J connectivity index is 2.24. The van der Waals surface area contributed by atoms with Gasteiger partial charge in [0.05, 0.1) is 19.9 Å². The van der Waals surface area contributed by atoms with Crippen LogP contribution in [0.4, 0.5) is 0 Å². The highest BCUT2D eigenvalue weighted by Crippen LogP contribution is 2.24. The second kappa shape index (κ2) is 4.89. The predicted molar refractivity (Wildman–Crippen MR) is 67.0 cm³/mol. The van der Waals surface area contributed by atoms with Crippen molar-refractivity contribution in [1.29, 1.82) is 0 Å². The molecule has 1 aromatic carbocycles. The van der Waals surface area contributed by atoms with Crippen LogP contribution >= 0.6 is 27.5 Å². The fourth-order valence-corrected chi connectivity index (χ4v) is 2.10. The molecule has 0 radical (unpaired) electrons. The molecule has 1 heterocycles. The van der Waals surface area contributed by atoms with Crippen molar-refractivity contribution in [3.8, 4) is 5.75 Å². The van der Waals surface area contributed by atoms with Crippen LogP contribution in [0.3, 0.4) is 0 Å². The van der Waals surface area contributed by atoms with Crippen molar-refractivity contribution in [3.63, 3.8) is 0 Å². The number of methoxy groups -OCH3 is 1. The SMILES string of the molecule is COc1cnn(Cc2cccc(Cl)c2)c1Br. The van der Waals surface area contributed by atoms with Crippen molar-refractivity contribution in [2.75, 3.05) is 7.11 Å². The third-order valence-corrected chi connectivity index (χ3v) is 3.22. The third kappa shape index (κ3) is 2.39. The Morgan fingerprint density at radius 1 is 1.50 bits per heavy atom. The summed E-state index contributed by atoms with van der Waals surface area (Å²) in [5.41, 5.74) is 1.10. The van der Waals surface area contributed by atoms with Gasteiger partial charge in [-0.2, -0.15) is 5.10 Å². The molecule has 0 aliphatic heterocycles. The third-order valence-electron chi connectivity index (χ3n) is 2.19. The van der Waals surface area contributed by atoms with Gasteiger partial charge in [0.15, 0.2) is 5.75 Å². The normalized spacial score (nSPS) is 10.4. The van der Waals surface area contributed by atoms with Crippen molar-refractivity contribution in [2.24, 2.45) is 0 Å². The van der Waals surface area contributed by atoms with E-state index in [1.807, 2.05) is 28.9 Å². The molecule has 0 fully saturated rings. The Bertz CT molecular complexity index is 498. The van der Waals surface area contributed by atoms with E-state index in [1.165, 1.54) is 0 Å². The van der Waals surface area contributed by atoms with Gasteiger partial charge in [-0.15, -0.1) is 0 Å². The number of hydrogen-bond acceptors (Lipinski definition) is 2. The van der Waals surface area contributed by atoms with E-state index in [0.29, 0.717) is 6.54 Å². The molecule has 0 bridgehead atoms. The average Bonchev–Trinajstić information content (AvgIpc) is 2.60. The zero-order valence-corrected chi connectivity index (χ0v) is 11.0. The summed E-state index contributed by atoms with van der Waals surface area (Å²) in [4.78, 5) is 0. The highest BCUT2D eigenvalue weighted by Gasteiger charge is 2.08. The Morgan fingerprint density at radius 2 is 2.31 bits per heavy atom. The van der Waals surface area contributed by atoms with Gasteiger partial charge >= 0.3 is 0 Å². The molecule has 0 saturated heterocycles. The minimum atomic E-state index is 0.657. The van der Waals surface area contributed by atoms with Crippen LogP contribution in [0, 0.1) is 0 Å². The van der Waals surface area contributed by atoms with Gasteiger partial charge in [-0.1, -0.05) is 23.7 Å². The lowest BCUT2D eigenvalue weighted by molar-refractivity contribution is 0.411. The molecule has 0 aliphatic rings. The molecule has 0 unspecified atom stereocenters. The topological polar surface area (TPSA) is 27.1 Å². The molecule has 2 rings (SSSR count). The Labute approximate surface area is 107 Å². The van der Waals surface area contributed by atoms with Gasteiger partial charge in [0, 0.05) is 5.02 Å². The molecule has 2 aromatic rings. The minimum absolute atomic E-state index is 0.657. The maximum absolute atomic E-state index is 5.92. The van der Waals surface area contributed by atoms with Crippen LogP contribution in [-0.2, 0) is 6.54 Å². The van der Waals surface area contributed by atoms with Gasteiger partial charge in [0.1, 0.15) is 4.60 Å². The smallest absolute Gasteiger partial charge is 0.171 e. The summed E-state index contributed by atoms with van der Waals surface area (Å²) < 4.78 is 7.77. The number of nitrogens with zero attached hydrogens (tertiary/aromatic N) is 2. The lowest BCUT2D eigenvalue weighted by Crippen LogP contribution is -2.01. The quantitative estimate of drug-likeness (QED) is 0.869. The largest absolute Gasteiger partial charge is 0.492 e. The first-order valence-electron chi connectivity index (χ1n) is 4.70. The summed E-state index contributed by atoms with van der Waals surface area (Å²) in [6.45, 7) is 0.657. The van der Waals surface area contributed by atoms with E-state index in [-0.39, 0.29) is 0 Å². The average molecular weight is 302 g/mol. The van der Waals surface area contributed by atoms with Crippen LogP contribution in [0.25, 0.3) is 0 Å². The summed E-state index contributed by atoms with van der Waals surface area (Å²) in [7, 11) is 1.62. The van der Waals surface area contributed by atoms with Gasteiger partial charge < -0.3 is 4.74 Å². The number of benzene rings is 1. The molecule has 0 saturated carbocycles. The van der Waals surface area contributed by atoms with E-state index in [0.717, 1.165) is 20.9 Å². The van der Waals surface area contributed by atoms with Crippen LogP contribution in [0.5, 0.6) is 5.75 Å². The molecule has 0 aliphatic carbocycles. The number of rotatable bonds is 3. The molecular weight excluding hydrogens is 291 g/mol. The molecule has 84 valence electrons. The van der Waals surface area contributed by atoms with Gasteiger partial charge in [0.2, 0.25) is 0 Å². The Hall–Kier alpha value is -1.000. The second-order valence-corrected chi connectivity index (χ2v) is 4.48. The van der Waals surface area contributed by atoms with Crippen LogP contribution in [0.2, 0.25) is 5.02 Å². The van der Waals surface area contributed by atoms with Crippen molar-refractivity contribution in [3.05, 3.63) is 45.7 Å². The highest BCUT2D eigenvalue weighted by molar-refractivity contribution is 9.10. The Morgan fingerprint density at radius 3 is 2.94 bits per heavy atom. The van der Waals surface area contributed by atoms with Gasteiger partial charge in [-0.3, -0.25) is 4.68 Å². The van der Waals surface area contributed by atoms with E-state index in [1.54, 1.807) is 13.3 Å². The minimum Gasteiger partial charge on any atom is -0.492 e. The molecule has 0 spiro atoms. The second-order valence-electron chi connectivity index (χ2n) is 3.29. The maximum atomic E-state index is 5.92. The van der Waals surface area contributed by atoms with E-state index >= 15 is 0 Å². The standard InChI is InChI=1S/C11H10BrClN2O/c1-16-10-6-14-15(11(10)12)7-8-3-2-4-9(13)5-8/h2-6H,7H2,1H3. The zero-order chi connectivity index (χ0) is 11.5. The molecule has 0 amide bonds. The van der Waals surface area contributed by atoms with Crippen molar-refractivity contribution in [2.45, 2.75) is 6.54 Å². The summed E-state index contributed by atoms with van der Waals surface area (Å²) in [6, 6.07) is 7.70. The van der Waals surface area contributed by atoms with E-state index in [9.17, 15) is 0 Å². The molecule has 0 N–H and O–H groups in total. The number of aromatic nitrogens is 2. The van der Waals surface area contributed by atoms with Crippen molar-refractivity contribution in [1.82, 2.24) is 9.78 Å². The number of ether oxygens (including phenoxy) is 1. The van der Waals surface area contributed by atoms with Gasteiger partial charge in [-0.05, 0) is 33.6 Å². The molecule has 5 heteroatoms. The molecule has 16 heavy (non-hydrogen) atoms. The fraction of sp³-hybridized carbons (Fsp3) is 0.182. The van der Waals surface area contributed by atoms with Crippen LogP contribution in [0.15, 0.2) is 35.1 Å². The fourth-order valence-electron chi connectivity index (χ4n) is 1.41. The maximum Gasteiger partial charge on any atom is 0.171 e.